The molecule has 0 radical (unpaired) electrons. The Morgan fingerprint density at radius 3 is 2.00 bits per heavy atom. The Bertz CT molecular complexity index is 124. The molecule has 1 aliphatic rings. The Hall–Kier alpha value is -0.260. The first kappa shape index (κ1) is 6.85. The Morgan fingerprint density at radius 1 is 1.33 bits per heavy atom. The first-order valence-corrected chi connectivity index (χ1v) is 3.80. The van der Waals surface area contributed by atoms with E-state index in [1.807, 2.05) is 0 Å². The van der Waals surface area contributed by atoms with E-state index >= 15 is 0 Å². The highest BCUT2D eigenvalue weighted by molar-refractivity contribution is 5.08. The van der Waals surface area contributed by atoms with Crippen molar-refractivity contribution in [3.63, 3.8) is 0 Å². The van der Waals surface area contributed by atoms with Crippen molar-refractivity contribution in [3.05, 3.63) is 12.2 Å². The first-order chi connectivity index (χ1) is 4.13. The van der Waals surface area contributed by atoms with Gasteiger partial charge in [-0.25, -0.2) is 0 Å². The lowest BCUT2D eigenvalue weighted by atomic mass is 9.93. The van der Waals surface area contributed by atoms with Gasteiger partial charge in [0.2, 0.25) is 0 Å². The first-order valence-electron chi connectivity index (χ1n) is 3.80. The van der Waals surface area contributed by atoms with E-state index < -0.39 is 0 Å². The normalized spacial score (nSPS) is 43.9. The van der Waals surface area contributed by atoms with Gasteiger partial charge in [-0.2, -0.15) is 0 Å². The Labute approximate surface area is 58.0 Å². The number of hydrogen-bond donors (Lipinski definition) is 0. The summed E-state index contributed by atoms with van der Waals surface area (Å²) in [5.74, 6) is 2.49. The minimum absolute atomic E-state index is 0.764. The van der Waals surface area contributed by atoms with E-state index in [2.05, 4.69) is 27.4 Å². The van der Waals surface area contributed by atoms with Crippen molar-refractivity contribution in [2.45, 2.75) is 27.2 Å². The van der Waals surface area contributed by atoms with Crippen LogP contribution in [0.2, 0.25) is 0 Å². The summed E-state index contributed by atoms with van der Waals surface area (Å²) in [6, 6.07) is 0. The summed E-state index contributed by atoms with van der Waals surface area (Å²) in [6.45, 7) is 11.0. The van der Waals surface area contributed by atoms with Gasteiger partial charge in [0.05, 0.1) is 0 Å². The van der Waals surface area contributed by atoms with Crippen molar-refractivity contribution in [3.8, 4) is 0 Å². The van der Waals surface area contributed by atoms with Gasteiger partial charge in [-0.05, 0) is 24.2 Å². The van der Waals surface area contributed by atoms with E-state index in [4.69, 9.17) is 0 Å². The summed E-state index contributed by atoms with van der Waals surface area (Å²) in [6.07, 6.45) is 1.25. The molecule has 0 bridgehead atoms. The van der Waals surface area contributed by atoms with Gasteiger partial charge in [0.25, 0.3) is 0 Å². The quantitative estimate of drug-likeness (QED) is 0.435. The maximum atomic E-state index is 4.04. The molecule has 0 heterocycles. The number of rotatable bonds is 0. The van der Waals surface area contributed by atoms with Gasteiger partial charge >= 0.3 is 0 Å². The van der Waals surface area contributed by atoms with Crippen LogP contribution in [0.25, 0.3) is 0 Å². The van der Waals surface area contributed by atoms with Crippen LogP contribution in [0.4, 0.5) is 0 Å². The average Bonchev–Trinajstić information content (AvgIpc) is 1.98. The van der Waals surface area contributed by atoms with Crippen LogP contribution < -0.4 is 0 Å². The SMILES string of the molecule is C=C1C[C@H](C)C(C)C1C. The lowest BCUT2D eigenvalue weighted by molar-refractivity contribution is 0.389. The fourth-order valence-corrected chi connectivity index (χ4v) is 1.65. The highest BCUT2D eigenvalue weighted by Crippen LogP contribution is 2.38. The lowest BCUT2D eigenvalue weighted by Crippen LogP contribution is -2.04. The van der Waals surface area contributed by atoms with Crippen LogP contribution in [0.15, 0.2) is 12.2 Å². The zero-order chi connectivity index (χ0) is 7.02. The zero-order valence-electron chi connectivity index (χ0n) is 6.65. The Balaban J connectivity index is 2.65. The second-order valence-electron chi connectivity index (χ2n) is 3.49. The van der Waals surface area contributed by atoms with Crippen molar-refractivity contribution in [1.29, 1.82) is 0 Å². The molecule has 0 nitrogen and oxygen atoms in total. The maximum Gasteiger partial charge on any atom is -0.0206 e. The molecule has 1 aliphatic carbocycles. The lowest BCUT2D eigenvalue weighted by Gasteiger charge is -2.12. The van der Waals surface area contributed by atoms with Crippen molar-refractivity contribution in [2.24, 2.45) is 17.8 Å². The van der Waals surface area contributed by atoms with Crippen molar-refractivity contribution in [2.75, 3.05) is 0 Å². The molecule has 0 N–H and O–H groups in total. The highest BCUT2D eigenvalue weighted by atomic mass is 14.3. The van der Waals surface area contributed by atoms with E-state index in [0.717, 1.165) is 17.8 Å². The number of allylic oxidation sites excluding steroid dienone is 1. The van der Waals surface area contributed by atoms with E-state index in [0.29, 0.717) is 0 Å². The summed E-state index contributed by atoms with van der Waals surface area (Å²) < 4.78 is 0. The van der Waals surface area contributed by atoms with Crippen molar-refractivity contribution >= 4 is 0 Å². The molecule has 1 saturated carbocycles. The molecule has 52 valence electrons. The van der Waals surface area contributed by atoms with Gasteiger partial charge in [0, 0.05) is 0 Å². The minimum atomic E-state index is 0.764. The predicted octanol–water partition coefficient (Wildman–Crippen LogP) is 2.85. The standard InChI is InChI=1S/C9H16/c1-6-5-7(2)9(4)8(6)3/h7-9H,1,5H2,2-4H3/t7-,8?,9?/m0/s1. The van der Waals surface area contributed by atoms with Crippen LogP contribution in [-0.4, -0.2) is 0 Å². The van der Waals surface area contributed by atoms with E-state index in [1.54, 1.807) is 0 Å². The minimum Gasteiger partial charge on any atom is -0.0996 e. The molecule has 2 unspecified atom stereocenters. The summed E-state index contributed by atoms with van der Waals surface area (Å²) in [5, 5.41) is 0. The molecule has 1 fully saturated rings. The van der Waals surface area contributed by atoms with Crippen LogP contribution in [0, 0.1) is 17.8 Å². The summed E-state index contributed by atoms with van der Waals surface area (Å²) in [7, 11) is 0. The molecule has 0 aliphatic heterocycles. The number of hydrogen-bond acceptors (Lipinski definition) is 0. The topological polar surface area (TPSA) is 0 Å². The summed E-state index contributed by atoms with van der Waals surface area (Å²) in [4.78, 5) is 0. The smallest absolute Gasteiger partial charge is 0.0206 e. The van der Waals surface area contributed by atoms with E-state index in [-0.39, 0.29) is 0 Å². The van der Waals surface area contributed by atoms with Gasteiger partial charge in [0.1, 0.15) is 0 Å². The zero-order valence-corrected chi connectivity index (χ0v) is 6.65. The maximum absolute atomic E-state index is 4.04. The third-order valence-electron chi connectivity index (χ3n) is 2.91. The molecule has 0 heteroatoms. The van der Waals surface area contributed by atoms with Crippen molar-refractivity contribution < 1.29 is 0 Å². The Morgan fingerprint density at radius 2 is 1.89 bits per heavy atom. The van der Waals surface area contributed by atoms with Gasteiger partial charge in [-0.15, -0.1) is 0 Å². The molecule has 0 aromatic carbocycles. The molecular weight excluding hydrogens is 108 g/mol. The molecular formula is C9H16. The molecule has 0 aromatic heterocycles. The fourth-order valence-electron chi connectivity index (χ4n) is 1.65. The van der Waals surface area contributed by atoms with Gasteiger partial charge in [0.15, 0.2) is 0 Å². The second kappa shape index (κ2) is 2.17. The van der Waals surface area contributed by atoms with Crippen LogP contribution in [0.1, 0.15) is 27.2 Å². The molecule has 0 amide bonds. The third-order valence-corrected chi connectivity index (χ3v) is 2.91. The van der Waals surface area contributed by atoms with Crippen LogP contribution >= 0.6 is 0 Å². The van der Waals surface area contributed by atoms with Crippen LogP contribution in [0.5, 0.6) is 0 Å². The molecule has 9 heavy (non-hydrogen) atoms. The van der Waals surface area contributed by atoms with E-state index in [1.165, 1.54) is 12.0 Å². The highest BCUT2D eigenvalue weighted by Gasteiger charge is 2.28. The molecule has 0 saturated heterocycles. The van der Waals surface area contributed by atoms with E-state index in [9.17, 15) is 0 Å². The van der Waals surface area contributed by atoms with Gasteiger partial charge < -0.3 is 0 Å². The second-order valence-corrected chi connectivity index (χ2v) is 3.49. The molecule has 0 spiro atoms. The van der Waals surface area contributed by atoms with Gasteiger partial charge in [-0.1, -0.05) is 32.9 Å². The Kier molecular flexibility index (Phi) is 1.65. The summed E-state index contributed by atoms with van der Waals surface area (Å²) in [5.41, 5.74) is 1.45. The monoisotopic (exact) mass is 124 g/mol. The molecule has 1 rings (SSSR count). The predicted molar refractivity (Wildman–Crippen MR) is 41.2 cm³/mol. The fraction of sp³-hybridized carbons (Fsp3) is 0.778. The van der Waals surface area contributed by atoms with Gasteiger partial charge in [-0.3, -0.25) is 0 Å². The van der Waals surface area contributed by atoms with Crippen LogP contribution in [0.3, 0.4) is 0 Å². The van der Waals surface area contributed by atoms with Crippen molar-refractivity contribution in [1.82, 2.24) is 0 Å². The molecule has 0 aromatic rings. The largest absolute Gasteiger partial charge is 0.0996 e. The van der Waals surface area contributed by atoms with Crippen LogP contribution in [-0.2, 0) is 0 Å². The average molecular weight is 124 g/mol. The molecule has 3 atom stereocenters. The summed E-state index contributed by atoms with van der Waals surface area (Å²) >= 11 is 0. The third kappa shape index (κ3) is 1.03.